The van der Waals surface area contributed by atoms with Crippen LogP contribution in [0.2, 0.25) is 9.36 Å². The van der Waals surface area contributed by atoms with Crippen LogP contribution < -0.4 is 26.4 Å². The van der Waals surface area contributed by atoms with Crippen molar-refractivity contribution >= 4 is 63.6 Å². The van der Waals surface area contributed by atoms with Crippen LogP contribution in [0.4, 0.5) is 15.8 Å². The van der Waals surface area contributed by atoms with E-state index in [1.165, 1.54) is 42.7 Å². The lowest BCUT2D eigenvalue weighted by Gasteiger charge is -2.37. The molecule has 5 N–H and O–H groups in total. The van der Waals surface area contributed by atoms with E-state index in [0.29, 0.717) is 21.3 Å². The van der Waals surface area contributed by atoms with Crippen molar-refractivity contribution < 1.29 is 23.5 Å². The van der Waals surface area contributed by atoms with E-state index in [1.807, 2.05) is 20.8 Å². The molecule has 0 bridgehead atoms. The van der Waals surface area contributed by atoms with E-state index in [0.717, 1.165) is 0 Å². The van der Waals surface area contributed by atoms with Gasteiger partial charge in [0.05, 0.1) is 33.9 Å². The van der Waals surface area contributed by atoms with Crippen molar-refractivity contribution in [1.29, 1.82) is 0 Å². The Morgan fingerprint density at radius 2 is 1.93 bits per heavy atom. The van der Waals surface area contributed by atoms with E-state index in [2.05, 4.69) is 16.0 Å². The molecule has 3 amide bonds. The predicted molar refractivity (Wildman–Crippen MR) is 159 cm³/mol. The summed E-state index contributed by atoms with van der Waals surface area (Å²) in [6.07, 6.45) is 0.481. The van der Waals surface area contributed by atoms with Crippen LogP contribution in [0.15, 0.2) is 42.5 Å². The highest BCUT2D eigenvalue weighted by Gasteiger charge is 2.67. The third-order valence-corrected chi connectivity index (χ3v) is 9.32. The van der Waals surface area contributed by atoms with Crippen molar-refractivity contribution in [2.45, 2.75) is 50.6 Å². The maximum absolute atomic E-state index is 15.9. The Kier molecular flexibility index (Phi) is 7.57. The van der Waals surface area contributed by atoms with Gasteiger partial charge in [0.15, 0.2) is 0 Å². The molecule has 4 atom stereocenters. The SMILES string of the molecule is COc1cc(C(N)=O)ccc1NC(=O)[C@H]1N[C@H](CC(C)(C)C)[C@]2(C(=O)Nc3cc(Cl)sc32)[C@@H]1c1cccc(Cl)c1F. The van der Waals surface area contributed by atoms with Gasteiger partial charge in [-0.15, -0.1) is 11.3 Å². The molecule has 0 saturated carbocycles. The van der Waals surface area contributed by atoms with Crippen molar-refractivity contribution in [3.05, 3.63) is 73.6 Å². The number of fused-ring (bicyclic) bond motifs is 2. The van der Waals surface area contributed by atoms with Gasteiger partial charge in [-0.2, -0.15) is 0 Å². The molecular formula is C29H29Cl2FN4O4S. The molecule has 0 radical (unpaired) electrons. The first-order valence-corrected chi connectivity index (χ1v) is 14.4. The summed E-state index contributed by atoms with van der Waals surface area (Å²) in [4.78, 5) is 40.5. The molecule has 3 heterocycles. The number of nitrogens with one attached hydrogen (secondary N) is 3. The molecule has 2 aliphatic rings. The number of primary amides is 1. The van der Waals surface area contributed by atoms with Crippen LogP contribution >= 0.6 is 34.5 Å². The van der Waals surface area contributed by atoms with E-state index in [1.54, 1.807) is 18.2 Å². The van der Waals surface area contributed by atoms with Crippen molar-refractivity contribution in [2.75, 3.05) is 17.7 Å². The average Bonchev–Trinajstić information content (AvgIpc) is 3.50. The lowest BCUT2D eigenvalue weighted by atomic mass is 9.65. The number of amides is 3. The standard InChI is InChI=1S/C29H29Cl2FN4O4S/c1-28(2,3)12-19-29(24-17(35-27(29)39)11-20(31)41-24)21(14-6-5-7-15(30)22(14)32)23(36-19)26(38)34-16-9-8-13(25(33)37)10-18(16)40-4/h5-11,19,21,23,36H,12H2,1-4H3,(H2,33,37)(H,34,38)(H,35,39)/t19-,21-,23+,29+/m1/s1. The molecule has 1 spiro atoms. The molecule has 2 aromatic carbocycles. The Labute approximate surface area is 250 Å². The molecule has 0 unspecified atom stereocenters. The lowest BCUT2D eigenvalue weighted by molar-refractivity contribution is -0.122. The van der Waals surface area contributed by atoms with Crippen molar-refractivity contribution in [2.24, 2.45) is 11.1 Å². The van der Waals surface area contributed by atoms with Crippen LogP contribution in [0.25, 0.3) is 0 Å². The first-order chi connectivity index (χ1) is 19.3. The summed E-state index contributed by atoms with van der Waals surface area (Å²) in [5.74, 6) is -3.02. The van der Waals surface area contributed by atoms with Gasteiger partial charge in [-0.3, -0.25) is 14.4 Å². The number of nitrogens with two attached hydrogens (primary N) is 1. The summed E-state index contributed by atoms with van der Waals surface area (Å²) < 4.78 is 21.7. The van der Waals surface area contributed by atoms with Gasteiger partial charge in [0, 0.05) is 22.4 Å². The number of benzene rings is 2. The number of methoxy groups -OCH3 is 1. The summed E-state index contributed by atoms with van der Waals surface area (Å²) in [5, 5.41) is 9.08. The molecule has 12 heteroatoms. The van der Waals surface area contributed by atoms with E-state index in [4.69, 9.17) is 33.7 Å². The number of rotatable bonds is 6. The Morgan fingerprint density at radius 1 is 1.20 bits per heavy atom. The summed E-state index contributed by atoms with van der Waals surface area (Å²) in [6.45, 7) is 6.10. The molecule has 1 aromatic heterocycles. The molecule has 41 heavy (non-hydrogen) atoms. The Bertz CT molecular complexity index is 1570. The number of ether oxygens (including phenoxy) is 1. The van der Waals surface area contributed by atoms with Gasteiger partial charge >= 0.3 is 0 Å². The third-order valence-electron chi connectivity index (χ3n) is 7.62. The second-order valence-corrected chi connectivity index (χ2v) is 13.6. The highest BCUT2D eigenvalue weighted by atomic mass is 35.5. The quantitative estimate of drug-likeness (QED) is 0.283. The molecule has 2 aliphatic heterocycles. The average molecular weight is 620 g/mol. The van der Waals surface area contributed by atoms with Crippen LogP contribution in [0.3, 0.4) is 0 Å². The predicted octanol–water partition coefficient (Wildman–Crippen LogP) is 5.69. The maximum Gasteiger partial charge on any atom is 0.248 e. The van der Waals surface area contributed by atoms with Crippen LogP contribution in [-0.4, -0.2) is 36.9 Å². The van der Waals surface area contributed by atoms with Crippen LogP contribution in [0.5, 0.6) is 5.75 Å². The zero-order valence-electron chi connectivity index (χ0n) is 22.7. The molecular weight excluding hydrogens is 590 g/mol. The summed E-state index contributed by atoms with van der Waals surface area (Å²) in [5.41, 5.74) is 4.91. The number of anilines is 2. The molecule has 0 aliphatic carbocycles. The number of hydrogen-bond donors (Lipinski definition) is 4. The van der Waals surface area contributed by atoms with Gasteiger partial charge in [0.25, 0.3) is 0 Å². The number of hydrogen-bond acceptors (Lipinski definition) is 6. The van der Waals surface area contributed by atoms with Crippen molar-refractivity contribution in [3.8, 4) is 5.75 Å². The van der Waals surface area contributed by atoms with Crippen molar-refractivity contribution in [3.63, 3.8) is 0 Å². The molecule has 216 valence electrons. The summed E-state index contributed by atoms with van der Waals surface area (Å²) in [7, 11) is 1.40. The van der Waals surface area contributed by atoms with Gasteiger partial charge in [0.2, 0.25) is 17.7 Å². The molecule has 8 nitrogen and oxygen atoms in total. The normalized spacial score (nSPS) is 23.4. The van der Waals surface area contributed by atoms with Gasteiger partial charge < -0.3 is 26.4 Å². The number of carbonyl (C=O) groups excluding carboxylic acids is 3. The highest BCUT2D eigenvalue weighted by molar-refractivity contribution is 7.17. The molecule has 5 rings (SSSR count). The van der Waals surface area contributed by atoms with E-state index < -0.39 is 41.0 Å². The molecule has 1 saturated heterocycles. The van der Waals surface area contributed by atoms with Gasteiger partial charge in [-0.1, -0.05) is 56.1 Å². The first-order valence-electron chi connectivity index (χ1n) is 12.9. The highest BCUT2D eigenvalue weighted by Crippen LogP contribution is 2.59. The van der Waals surface area contributed by atoms with Crippen LogP contribution in [0, 0.1) is 11.2 Å². The third kappa shape index (κ3) is 4.97. The van der Waals surface area contributed by atoms with E-state index in [-0.39, 0.29) is 38.9 Å². The van der Waals surface area contributed by atoms with Crippen molar-refractivity contribution in [1.82, 2.24) is 5.32 Å². The number of halogens is 3. The molecule has 1 fully saturated rings. The van der Waals surface area contributed by atoms with Gasteiger partial charge in [-0.25, -0.2) is 4.39 Å². The fraction of sp³-hybridized carbons (Fsp3) is 0.345. The van der Waals surface area contributed by atoms with Gasteiger partial charge in [0.1, 0.15) is 17.0 Å². The number of carbonyl (C=O) groups is 3. The lowest BCUT2D eigenvalue weighted by Crippen LogP contribution is -2.49. The smallest absolute Gasteiger partial charge is 0.248 e. The van der Waals surface area contributed by atoms with Crippen LogP contribution in [0.1, 0.15) is 53.9 Å². The number of thiophene rings is 1. The zero-order valence-corrected chi connectivity index (χ0v) is 25.1. The monoisotopic (exact) mass is 618 g/mol. The minimum atomic E-state index is -1.37. The Balaban J connectivity index is 1.69. The fourth-order valence-electron chi connectivity index (χ4n) is 6.02. The zero-order chi connectivity index (χ0) is 29.9. The van der Waals surface area contributed by atoms with E-state index in [9.17, 15) is 14.4 Å². The maximum atomic E-state index is 15.9. The summed E-state index contributed by atoms with van der Waals surface area (Å²) >= 11 is 13.9. The topological polar surface area (TPSA) is 123 Å². The minimum absolute atomic E-state index is 0.123. The minimum Gasteiger partial charge on any atom is -0.495 e. The first kappa shape index (κ1) is 29.3. The Morgan fingerprint density at radius 3 is 2.59 bits per heavy atom. The van der Waals surface area contributed by atoms with Gasteiger partial charge in [-0.05, 0) is 47.7 Å². The second-order valence-electron chi connectivity index (χ2n) is 11.5. The molecule has 3 aromatic rings. The summed E-state index contributed by atoms with van der Waals surface area (Å²) in [6, 6.07) is 8.98. The van der Waals surface area contributed by atoms with Crippen LogP contribution in [-0.2, 0) is 15.0 Å². The second kappa shape index (κ2) is 10.6. The fourth-order valence-corrected chi connectivity index (χ4v) is 7.66. The Hall–Kier alpha value is -3.18. The van der Waals surface area contributed by atoms with E-state index >= 15 is 4.39 Å². The largest absolute Gasteiger partial charge is 0.495 e.